The van der Waals surface area contributed by atoms with Gasteiger partial charge in [0.15, 0.2) is 11.5 Å². The van der Waals surface area contributed by atoms with Crippen LogP contribution in [0.5, 0.6) is 17.2 Å². The molecule has 9 nitrogen and oxygen atoms in total. The molecule has 3 aromatic rings. The van der Waals surface area contributed by atoms with Crippen LogP contribution < -0.4 is 14.2 Å². The third-order valence-corrected chi connectivity index (χ3v) is 6.67. The van der Waals surface area contributed by atoms with E-state index in [1.54, 1.807) is 24.5 Å². The second-order valence-corrected chi connectivity index (χ2v) is 9.97. The first-order valence-electron chi connectivity index (χ1n) is 13.0. The summed E-state index contributed by atoms with van der Waals surface area (Å²) < 4.78 is 19.6. The van der Waals surface area contributed by atoms with E-state index in [2.05, 4.69) is 9.88 Å². The molecule has 4 rings (SSSR count). The predicted molar refractivity (Wildman–Crippen MR) is 144 cm³/mol. The number of ether oxygens (including phenoxy) is 3. The predicted octanol–water partition coefficient (Wildman–Crippen LogP) is 3.14. The minimum Gasteiger partial charge on any atom is -0.493 e. The minimum absolute atomic E-state index is 0.0585. The molecule has 0 saturated carbocycles. The standard InChI is InChI=1S/C29H38N4O5/c1-23-5-8-26(9-6-23)38-21-29(35)19-32(14-15-33(20-29)24(2)34)18-25-7-10-27(28(17-25)36-3)37-16-4-12-31-13-11-30-22-31/h5-11,13,17,22,35H,4,12,14-16,18-21H2,1-3H3/t29-/m1/s1. The monoisotopic (exact) mass is 522 g/mol. The quantitative estimate of drug-likeness (QED) is 0.387. The number of imidazole rings is 1. The van der Waals surface area contributed by atoms with Crippen molar-refractivity contribution >= 4 is 5.91 Å². The van der Waals surface area contributed by atoms with Crippen LogP contribution in [0.25, 0.3) is 0 Å². The molecule has 1 aliphatic heterocycles. The highest BCUT2D eigenvalue weighted by molar-refractivity contribution is 5.73. The molecule has 2 heterocycles. The molecule has 2 aromatic carbocycles. The molecule has 9 heteroatoms. The molecule has 0 bridgehead atoms. The van der Waals surface area contributed by atoms with Gasteiger partial charge >= 0.3 is 0 Å². The Morgan fingerprint density at radius 2 is 1.89 bits per heavy atom. The van der Waals surface area contributed by atoms with Gasteiger partial charge in [0.25, 0.3) is 0 Å². The van der Waals surface area contributed by atoms with E-state index in [0.717, 1.165) is 24.1 Å². The molecule has 1 N–H and O–H groups in total. The van der Waals surface area contributed by atoms with Gasteiger partial charge in [-0.25, -0.2) is 4.98 Å². The summed E-state index contributed by atoms with van der Waals surface area (Å²) >= 11 is 0. The highest BCUT2D eigenvalue weighted by atomic mass is 16.5. The number of β-amino-alcohol motifs (C(OH)–C–C–N with tert-alkyl or cyclic N) is 1. The van der Waals surface area contributed by atoms with Gasteiger partial charge in [0.1, 0.15) is 18.0 Å². The Morgan fingerprint density at radius 1 is 1.08 bits per heavy atom. The van der Waals surface area contributed by atoms with Gasteiger partial charge in [-0.2, -0.15) is 0 Å². The Hall–Kier alpha value is -3.56. The number of aliphatic hydroxyl groups is 1. The molecule has 38 heavy (non-hydrogen) atoms. The van der Waals surface area contributed by atoms with Gasteiger partial charge in [0.2, 0.25) is 5.91 Å². The van der Waals surface area contributed by atoms with Crippen LogP contribution in [0.1, 0.15) is 24.5 Å². The van der Waals surface area contributed by atoms with E-state index in [0.29, 0.717) is 50.0 Å². The molecule has 0 aliphatic carbocycles. The number of aryl methyl sites for hydroxylation is 2. The number of hydrogen-bond donors (Lipinski definition) is 1. The topological polar surface area (TPSA) is 89.3 Å². The Bertz CT molecular complexity index is 1170. The summed E-state index contributed by atoms with van der Waals surface area (Å²) in [6.45, 7) is 7.41. The highest BCUT2D eigenvalue weighted by Gasteiger charge is 2.37. The van der Waals surface area contributed by atoms with E-state index in [9.17, 15) is 9.90 Å². The molecule has 1 fully saturated rings. The number of nitrogens with zero attached hydrogens (tertiary/aromatic N) is 4. The van der Waals surface area contributed by atoms with Crippen LogP contribution in [0.15, 0.2) is 61.2 Å². The van der Waals surface area contributed by atoms with Gasteiger partial charge in [0, 0.05) is 52.0 Å². The number of aromatic nitrogens is 2. The van der Waals surface area contributed by atoms with Crippen molar-refractivity contribution in [1.29, 1.82) is 0 Å². The molecular weight excluding hydrogens is 484 g/mol. The average Bonchev–Trinajstić information content (AvgIpc) is 3.36. The third kappa shape index (κ3) is 7.72. The first-order valence-corrected chi connectivity index (χ1v) is 13.0. The molecule has 0 unspecified atom stereocenters. The van der Waals surface area contributed by atoms with E-state index >= 15 is 0 Å². The van der Waals surface area contributed by atoms with Crippen molar-refractivity contribution < 1.29 is 24.1 Å². The van der Waals surface area contributed by atoms with Gasteiger partial charge in [-0.1, -0.05) is 23.8 Å². The van der Waals surface area contributed by atoms with E-state index in [4.69, 9.17) is 14.2 Å². The van der Waals surface area contributed by atoms with Crippen molar-refractivity contribution in [3.63, 3.8) is 0 Å². The van der Waals surface area contributed by atoms with Gasteiger partial charge in [-0.05, 0) is 43.2 Å². The summed E-state index contributed by atoms with van der Waals surface area (Å²) in [5.41, 5.74) is 0.960. The van der Waals surface area contributed by atoms with E-state index in [1.807, 2.05) is 60.2 Å². The molecule has 1 aromatic heterocycles. The molecule has 0 spiro atoms. The van der Waals surface area contributed by atoms with Gasteiger partial charge in [-0.3, -0.25) is 9.69 Å². The van der Waals surface area contributed by atoms with Crippen molar-refractivity contribution in [3.05, 3.63) is 72.3 Å². The van der Waals surface area contributed by atoms with Crippen molar-refractivity contribution in [3.8, 4) is 17.2 Å². The molecule has 204 valence electrons. The van der Waals surface area contributed by atoms with Gasteiger partial charge in [-0.15, -0.1) is 0 Å². The maximum Gasteiger partial charge on any atom is 0.219 e. The van der Waals surface area contributed by atoms with E-state index in [1.165, 1.54) is 6.92 Å². The van der Waals surface area contributed by atoms with Crippen LogP contribution in [0.3, 0.4) is 0 Å². The first kappa shape index (κ1) is 27.5. The van der Waals surface area contributed by atoms with Crippen molar-refractivity contribution in [2.75, 3.05) is 46.5 Å². The summed E-state index contributed by atoms with van der Waals surface area (Å²) in [7, 11) is 1.63. The van der Waals surface area contributed by atoms with Crippen LogP contribution in [0.2, 0.25) is 0 Å². The minimum atomic E-state index is -1.21. The fourth-order valence-electron chi connectivity index (χ4n) is 4.62. The number of rotatable bonds is 11. The lowest BCUT2D eigenvalue weighted by Crippen LogP contribution is -2.51. The molecule has 1 saturated heterocycles. The summed E-state index contributed by atoms with van der Waals surface area (Å²) in [5.74, 6) is 2.00. The Kier molecular flexibility index (Phi) is 9.25. The van der Waals surface area contributed by atoms with Crippen molar-refractivity contribution in [2.45, 2.75) is 39.0 Å². The molecular formula is C29H38N4O5. The largest absolute Gasteiger partial charge is 0.493 e. The van der Waals surface area contributed by atoms with Gasteiger partial charge in [0.05, 0.1) is 26.6 Å². The summed E-state index contributed by atoms with van der Waals surface area (Å²) in [4.78, 5) is 20.1. The third-order valence-electron chi connectivity index (χ3n) is 6.67. The Balaban J connectivity index is 1.39. The SMILES string of the molecule is COc1cc(CN2CCN(C(C)=O)C[C@@](O)(COc3ccc(C)cc3)C2)ccc1OCCCn1ccnc1. The fourth-order valence-corrected chi connectivity index (χ4v) is 4.62. The van der Waals surface area contributed by atoms with Gasteiger partial charge < -0.3 is 28.8 Å². The Morgan fingerprint density at radius 3 is 2.61 bits per heavy atom. The van der Waals surface area contributed by atoms with Crippen LogP contribution >= 0.6 is 0 Å². The first-order chi connectivity index (χ1) is 18.3. The maximum absolute atomic E-state index is 12.2. The molecule has 1 atom stereocenters. The zero-order chi connectivity index (χ0) is 27.0. The van der Waals surface area contributed by atoms with Crippen LogP contribution in [-0.2, 0) is 17.9 Å². The van der Waals surface area contributed by atoms with E-state index < -0.39 is 5.60 Å². The molecule has 1 aliphatic rings. The van der Waals surface area contributed by atoms with E-state index in [-0.39, 0.29) is 19.1 Å². The lowest BCUT2D eigenvalue weighted by Gasteiger charge is -2.32. The smallest absolute Gasteiger partial charge is 0.219 e. The number of carbonyl (C=O) groups excluding carboxylic acids is 1. The lowest BCUT2D eigenvalue weighted by molar-refractivity contribution is -0.132. The molecule has 0 radical (unpaired) electrons. The zero-order valence-electron chi connectivity index (χ0n) is 22.5. The number of carbonyl (C=O) groups is 1. The molecule has 1 amide bonds. The average molecular weight is 523 g/mol. The number of benzene rings is 2. The summed E-state index contributed by atoms with van der Waals surface area (Å²) in [6.07, 6.45) is 6.35. The van der Waals surface area contributed by atoms with Crippen LogP contribution in [0, 0.1) is 6.92 Å². The maximum atomic E-state index is 12.2. The summed E-state index contributed by atoms with van der Waals surface area (Å²) in [6, 6.07) is 13.6. The second kappa shape index (κ2) is 12.8. The van der Waals surface area contributed by atoms with Crippen molar-refractivity contribution in [1.82, 2.24) is 19.4 Å². The Labute approximate surface area is 224 Å². The van der Waals surface area contributed by atoms with Crippen LogP contribution in [-0.4, -0.2) is 82.5 Å². The summed E-state index contributed by atoms with van der Waals surface area (Å²) in [5, 5.41) is 11.6. The zero-order valence-corrected chi connectivity index (χ0v) is 22.5. The lowest BCUT2D eigenvalue weighted by atomic mass is 10.0. The highest BCUT2D eigenvalue weighted by Crippen LogP contribution is 2.29. The fraction of sp³-hybridized carbons (Fsp3) is 0.448. The van der Waals surface area contributed by atoms with Crippen molar-refractivity contribution in [2.24, 2.45) is 0 Å². The second-order valence-electron chi connectivity index (χ2n) is 9.97. The number of hydrogen-bond acceptors (Lipinski definition) is 7. The van der Waals surface area contributed by atoms with Crippen LogP contribution in [0.4, 0.5) is 0 Å². The normalized spacial score (nSPS) is 18.2. The number of amides is 1. The number of methoxy groups -OCH3 is 1.